The van der Waals surface area contributed by atoms with Gasteiger partial charge in [0.25, 0.3) is 0 Å². The Morgan fingerprint density at radius 2 is 1.20 bits per heavy atom. The lowest BCUT2D eigenvalue weighted by molar-refractivity contribution is 0.0426. The molecule has 0 aromatic heterocycles. The highest BCUT2D eigenvalue weighted by Gasteiger charge is 2.40. The zero-order valence-electron chi connectivity index (χ0n) is 31.2. The van der Waals surface area contributed by atoms with Crippen molar-refractivity contribution in [1.29, 1.82) is 0 Å². The number of epoxide rings is 2. The molecule has 0 amide bonds. The molecule has 0 saturated carbocycles. The number of hydrogen-bond donors (Lipinski definition) is 1. The highest BCUT2D eigenvalue weighted by molar-refractivity contribution is 5.62. The second-order valence-corrected chi connectivity index (χ2v) is 12.8. The number of benzene rings is 4. The molecule has 6 nitrogen and oxygen atoms in total. The summed E-state index contributed by atoms with van der Waals surface area (Å²) in [5, 5.41) is 11.0. The van der Waals surface area contributed by atoms with Crippen molar-refractivity contribution in [2.45, 2.75) is 85.0 Å². The summed E-state index contributed by atoms with van der Waals surface area (Å²) in [6.45, 7) is 17.7. The van der Waals surface area contributed by atoms with Crippen molar-refractivity contribution < 1.29 is 28.8 Å². The van der Waals surface area contributed by atoms with E-state index in [4.69, 9.17) is 23.7 Å². The van der Waals surface area contributed by atoms with Crippen LogP contribution < -0.4 is 9.47 Å². The summed E-state index contributed by atoms with van der Waals surface area (Å²) in [6.07, 6.45) is 0.871. The predicted molar refractivity (Wildman–Crippen MR) is 203 cm³/mol. The van der Waals surface area contributed by atoms with Gasteiger partial charge in [-0.15, -0.1) is 0 Å². The van der Waals surface area contributed by atoms with Crippen molar-refractivity contribution in [1.82, 2.24) is 0 Å². The third kappa shape index (κ3) is 10.2. The fraction of sp³-hybridized carbons (Fsp3) is 0.455. The van der Waals surface area contributed by atoms with Crippen LogP contribution in [0.3, 0.4) is 0 Å². The monoisotopic (exact) mass is 682 g/mol. The van der Waals surface area contributed by atoms with Gasteiger partial charge in [-0.3, -0.25) is 0 Å². The highest BCUT2D eigenvalue weighted by atomic mass is 16.6. The number of aliphatic hydroxyl groups excluding tert-OH is 1. The van der Waals surface area contributed by atoms with E-state index < -0.39 is 11.5 Å². The lowest BCUT2D eigenvalue weighted by Gasteiger charge is -2.38. The van der Waals surface area contributed by atoms with Crippen LogP contribution in [0.2, 0.25) is 0 Å². The molecular formula is C44H58O6. The maximum atomic E-state index is 11.0. The first-order valence-electron chi connectivity index (χ1n) is 18.6. The van der Waals surface area contributed by atoms with Crippen molar-refractivity contribution in [2.75, 3.05) is 39.6 Å². The van der Waals surface area contributed by atoms with E-state index in [-0.39, 0.29) is 18.8 Å². The summed E-state index contributed by atoms with van der Waals surface area (Å²) in [7, 11) is 0. The van der Waals surface area contributed by atoms with E-state index in [9.17, 15) is 5.11 Å². The molecule has 2 aliphatic rings. The van der Waals surface area contributed by atoms with Crippen LogP contribution in [-0.4, -0.2) is 63.1 Å². The summed E-state index contributed by atoms with van der Waals surface area (Å²) in [6, 6.07) is 34.5. The Hall–Kier alpha value is -3.68. The van der Waals surface area contributed by atoms with Gasteiger partial charge < -0.3 is 28.8 Å². The molecule has 50 heavy (non-hydrogen) atoms. The maximum Gasteiger partial charge on any atom is 0.122 e. The summed E-state index contributed by atoms with van der Waals surface area (Å²) in [4.78, 5) is 0. The van der Waals surface area contributed by atoms with Gasteiger partial charge in [0.1, 0.15) is 24.2 Å². The summed E-state index contributed by atoms with van der Waals surface area (Å²) in [5.41, 5.74) is 5.92. The van der Waals surface area contributed by atoms with E-state index in [0.717, 1.165) is 64.5 Å². The van der Waals surface area contributed by atoms with E-state index in [1.807, 2.05) is 34.6 Å². The molecule has 3 unspecified atom stereocenters. The Bertz CT molecular complexity index is 1510. The summed E-state index contributed by atoms with van der Waals surface area (Å²) < 4.78 is 29.3. The van der Waals surface area contributed by atoms with E-state index in [1.165, 1.54) is 0 Å². The molecule has 1 N–H and O–H groups in total. The normalized spacial score (nSPS) is 16.7. The van der Waals surface area contributed by atoms with Gasteiger partial charge in [0.15, 0.2) is 0 Å². The van der Waals surface area contributed by atoms with Crippen molar-refractivity contribution >= 4 is 0 Å². The van der Waals surface area contributed by atoms with Crippen LogP contribution in [0.25, 0.3) is 0 Å². The number of rotatable bonds is 17. The molecule has 270 valence electrons. The molecule has 4 aromatic rings. The quantitative estimate of drug-likeness (QED) is 0.0887. The molecule has 6 rings (SSSR count). The van der Waals surface area contributed by atoms with Crippen LogP contribution in [0, 0.1) is 5.92 Å². The molecule has 4 aromatic carbocycles. The third-order valence-electron chi connectivity index (χ3n) is 8.62. The van der Waals surface area contributed by atoms with Gasteiger partial charge in [0, 0.05) is 19.4 Å². The molecule has 3 atom stereocenters. The van der Waals surface area contributed by atoms with Crippen LogP contribution in [-0.2, 0) is 32.5 Å². The standard InChI is InChI=1S/C40H46O6.2C2H6/c1-4-42-24-35(41)21-29-19-33(15-17-38(29)46-27-37-26-44-37)40(31-11-7-5-8-12-31,32-13-9-6-10-14-32)34-16-18-39(45-23-28(2)3)30(20-34)22-36-25-43-36;2*1-2/h5-20,28,35-37,41H,4,21-27H2,1-3H3;2*1-2H3. The largest absolute Gasteiger partial charge is 0.493 e. The molecule has 0 bridgehead atoms. The Labute approximate surface area is 300 Å². The van der Waals surface area contributed by atoms with Gasteiger partial charge in [0.2, 0.25) is 0 Å². The third-order valence-corrected chi connectivity index (χ3v) is 8.62. The van der Waals surface area contributed by atoms with Crippen LogP contribution in [0.1, 0.15) is 81.8 Å². The number of aliphatic hydroxyl groups is 1. The van der Waals surface area contributed by atoms with Crippen molar-refractivity contribution in [3.05, 3.63) is 130 Å². The fourth-order valence-corrected chi connectivity index (χ4v) is 6.20. The minimum absolute atomic E-state index is 0.124. The topological polar surface area (TPSA) is 73.0 Å². The van der Waals surface area contributed by atoms with Crippen LogP contribution in [0.4, 0.5) is 0 Å². The average Bonchev–Trinajstić information content (AvgIpc) is 4.10. The molecule has 6 heteroatoms. The minimum Gasteiger partial charge on any atom is -0.493 e. The minimum atomic E-state index is -0.671. The van der Waals surface area contributed by atoms with E-state index >= 15 is 0 Å². The lowest BCUT2D eigenvalue weighted by Crippen LogP contribution is -2.31. The molecule has 0 spiro atoms. The lowest BCUT2D eigenvalue weighted by atomic mass is 9.64. The van der Waals surface area contributed by atoms with Crippen LogP contribution >= 0.6 is 0 Å². The first-order chi connectivity index (χ1) is 24.5. The van der Waals surface area contributed by atoms with E-state index in [2.05, 4.69) is 111 Å². The molecule has 2 fully saturated rings. The Morgan fingerprint density at radius 3 is 1.70 bits per heavy atom. The Kier molecular flexibility index (Phi) is 15.4. The molecule has 2 aliphatic heterocycles. The van der Waals surface area contributed by atoms with E-state index in [1.54, 1.807) is 0 Å². The maximum absolute atomic E-state index is 11.0. The van der Waals surface area contributed by atoms with Gasteiger partial charge in [0.05, 0.1) is 44.1 Å². The predicted octanol–water partition coefficient (Wildman–Crippen LogP) is 8.82. The van der Waals surface area contributed by atoms with Crippen LogP contribution in [0.15, 0.2) is 97.1 Å². The SMILES string of the molecule is CC.CC.CCOCC(O)Cc1cc(C(c2ccccc2)(c2ccccc2)c2ccc(OCC(C)C)c(CC3CO3)c2)ccc1OCC1CO1. The van der Waals surface area contributed by atoms with Crippen molar-refractivity contribution in [2.24, 2.45) is 5.92 Å². The van der Waals surface area contributed by atoms with E-state index in [0.29, 0.717) is 32.2 Å². The van der Waals surface area contributed by atoms with Crippen molar-refractivity contribution in [3.63, 3.8) is 0 Å². The van der Waals surface area contributed by atoms with Gasteiger partial charge in [-0.1, -0.05) is 126 Å². The van der Waals surface area contributed by atoms with Crippen molar-refractivity contribution in [3.8, 4) is 11.5 Å². The molecule has 2 heterocycles. The Balaban J connectivity index is 0.00000136. The first-order valence-corrected chi connectivity index (χ1v) is 18.6. The second-order valence-electron chi connectivity index (χ2n) is 12.8. The molecule has 0 radical (unpaired) electrons. The summed E-state index contributed by atoms with van der Waals surface area (Å²) >= 11 is 0. The fourth-order valence-electron chi connectivity index (χ4n) is 6.20. The van der Waals surface area contributed by atoms with Gasteiger partial charge >= 0.3 is 0 Å². The zero-order valence-corrected chi connectivity index (χ0v) is 31.2. The molecular weight excluding hydrogens is 624 g/mol. The number of hydrogen-bond acceptors (Lipinski definition) is 6. The molecule has 2 saturated heterocycles. The summed E-state index contributed by atoms with van der Waals surface area (Å²) in [5.74, 6) is 2.09. The van der Waals surface area contributed by atoms with Crippen LogP contribution in [0.5, 0.6) is 11.5 Å². The number of ether oxygens (including phenoxy) is 5. The Morgan fingerprint density at radius 1 is 0.680 bits per heavy atom. The van der Waals surface area contributed by atoms with Gasteiger partial charge in [-0.25, -0.2) is 0 Å². The molecule has 0 aliphatic carbocycles. The second kappa shape index (κ2) is 19.6. The highest BCUT2D eigenvalue weighted by Crippen LogP contribution is 2.47. The van der Waals surface area contributed by atoms with Gasteiger partial charge in [-0.2, -0.15) is 0 Å². The zero-order chi connectivity index (χ0) is 35.9. The van der Waals surface area contributed by atoms with Gasteiger partial charge in [-0.05, 0) is 58.4 Å². The smallest absolute Gasteiger partial charge is 0.122 e. The first kappa shape index (κ1) is 39.1. The average molecular weight is 683 g/mol.